The van der Waals surface area contributed by atoms with E-state index in [1.54, 1.807) is 0 Å². The summed E-state index contributed by atoms with van der Waals surface area (Å²) in [5.41, 5.74) is 0.333. The Labute approximate surface area is 101 Å². The predicted octanol–water partition coefficient (Wildman–Crippen LogP) is 3.21. The summed E-state index contributed by atoms with van der Waals surface area (Å²) in [6.07, 6.45) is 7.67. The van der Waals surface area contributed by atoms with Gasteiger partial charge in [-0.1, -0.05) is 20.3 Å². The average Bonchev–Trinajstić information content (AvgIpc) is 2.64. The Bertz CT molecular complexity index is 269. The van der Waals surface area contributed by atoms with Gasteiger partial charge in [0.05, 0.1) is 6.10 Å². The minimum Gasteiger partial charge on any atom is -0.362 e. The van der Waals surface area contributed by atoms with Crippen LogP contribution in [0.5, 0.6) is 0 Å². The van der Waals surface area contributed by atoms with E-state index in [-0.39, 0.29) is 5.92 Å². The van der Waals surface area contributed by atoms with Crippen molar-refractivity contribution in [3.05, 3.63) is 0 Å². The van der Waals surface area contributed by atoms with Crippen LogP contribution in [0.1, 0.15) is 46.0 Å². The van der Waals surface area contributed by atoms with Crippen molar-refractivity contribution >= 4 is 15.8 Å². The van der Waals surface area contributed by atoms with Crippen molar-refractivity contribution in [1.82, 2.24) is 0 Å². The predicted molar refractivity (Wildman–Crippen MR) is 68.0 cm³/mol. The highest BCUT2D eigenvalue weighted by Crippen LogP contribution is 2.58. The molecule has 2 rings (SSSR count). The third-order valence-electron chi connectivity index (χ3n) is 5.16. The van der Waals surface area contributed by atoms with Crippen molar-refractivity contribution in [2.75, 3.05) is 0 Å². The monoisotopic (exact) mass is 242 g/mol. The second-order valence-electron chi connectivity index (χ2n) is 5.86. The van der Waals surface area contributed by atoms with Gasteiger partial charge in [-0.15, -0.1) is 0 Å². The topological polar surface area (TPSA) is 26.3 Å². The maximum atomic E-state index is 11.0. The Kier molecular flexibility index (Phi) is 3.71. The lowest BCUT2D eigenvalue weighted by Gasteiger charge is -2.45. The van der Waals surface area contributed by atoms with E-state index in [4.69, 9.17) is 4.52 Å². The summed E-state index contributed by atoms with van der Waals surface area (Å²) >= 11 is 0. The summed E-state index contributed by atoms with van der Waals surface area (Å²) in [4.78, 5) is 11.0. The molecule has 2 unspecified atom stereocenters. The number of rotatable bonds is 3. The fourth-order valence-electron chi connectivity index (χ4n) is 4.28. The van der Waals surface area contributed by atoms with Gasteiger partial charge in [0, 0.05) is 15.4 Å². The molecule has 2 saturated carbocycles. The molecule has 92 valence electrons. The minimum absolute atomic E-state index is 0.207. The third kappa shape index (κ3) is 1.84. The van der Waals surface area contributed by atoms with E-state index < -0.39 is 0 Å². The summed E-state index contributed by atoms with van der Waals surface area (Å²) in [5.74, 6) is 1.43. The van der Waals surface area contributed by atoms with Gasteiger partial charge in [0.25, 0.3) is 0 Å². The van der Waals surface area contributed by atoms with Crippen LogP contribution in [0, 0.1) is 23.2 Å². The molecule has 0 bridgehead atoms. The van der Waals surface area contributed by atoms with Crippen LogP contribution in [0.3, 0.4) is 0 Å². The van der Waals surface area contributed by atoms with Crippen molar-refractivity contribution in [3.63, 3.8) is 0 Å². The summed E-state index contributed by atoms with van der Waals surface area (Å²) in [6, 6.07) is 0. The molecule has 0 aliphatic heterocycles. The number of hydrogen-bond acceptors (Lipinski definition) is 2. The smallest absolute Gasteiger partial charge is 0.123 e. The van der Waals surface area contributed by atoms with Gasteiger partial charge in [-0.3, -0.25) is 0 Å². The van der Waals surface area contributed by atoms with Crippen molar-refractivity contribution in [2.24, 2.45) is 23.2 Å². The van der Waals surface area contributed by atoms with Gasteiger partial charge in [0.15, 0.2) is 0 Å². The molecule has 0 amide bonds. The zero-order valence-corrected chi connectivity index (χ0v) is 11.5. The normalized spacial score (nSPS) is 45.1. The molecule has 2 fully saturated rings. The van der Waals surface area contributed by atoms with Gasteiger partial charge < -0.3 is 9.32 Å². The lowest BCUT2D eigenvalue weighted by atomic mass is 9.62. The Morgan fingerprint density at radius 1 is 1.44 bits per heavy atom. The van der Waals surface area contributed by atoms with Crippen LogP contribution in [-0.2, 0) is 9.32 Å². The highest BCUT2D eigenvalue weighted by Gasteiger charge is 2.52. The number of aldehydes is 1. The second-order valence-corrected chi connectivity index (χ2v) is 6.13. The average molecular weight is 242 g/mol. The molecule has 0 saturated heterocycles. The van der Waals surface area contributed by atoms with Crippen LogP contribution in [0.2, 0.25) is 0 Å². The van der Waals surface area contributed by atoms with E-state index >= 15 is 0 Å². The van der Waals surface area contributed by atoms with Gasteiger partial charge in [-0.05, 0) is 42.9 Å². The Morgan fingerprint density at radius 3 is 2.81 bits per heavy atom. The molecule has 6 atom stereocenters. The number of hydrogen-bond donors (Lipinski definition) is 0. The van der Waals surface area contributed by atoms with Crippen LogP contribution < -0.4 is 0 Å². The van der Waals surface area contributed by atoms with E-state index in [0.29, 0.717) is 23.4 Å². The molecule has 0 aromatic heterocycles. The molecule has 0 radical (unpaired) electrons. The molecule has 2 nitrogen and oxygen atoms in total. The van der Waals surface area contributed by atoms with E-state index in [1.807, 2.05) is 0 Å². The van der Waals surface area contributed by atoms with Crippen molar-refractivity contribution in [1.29, 1.82) is 0 Å². The fraction of sp³-hybridized carbons (Fsp3) is 0.923. The van der Waals surface area contributed by atoms with Crippen molar-refractivity contribution in [3.8, 4) is 0 Å². The zero-order chi connectivity index (χ0) is 11.8. The maximum Gasteiger partial charge on any atom is 0.123 e. The van der Waals surface area contributed by atoms with Gasteiger partial charge in [-0.25, -0.2) is 0 Å². The van der Waals surface area contributed by atoms with Crippen LogP contribution in [0.4, 0.5) is 0 Å². The Balaban J connectivity index is 2.20. The number of carbonyl (C=O) groups is 1. The Hall–Kier alpha value is 0.0600. The molecule has 0 aromatic rings. The van der Waals surface area contributed by atoms with Crippen molar-refractivity contribution in [2.45, 2.75) is 52.1 Å². The first-order chi connectivity index (χ1) is 7.63. The number of carbonyl (C=O) groups excluding carboxylic acids is 1. The number of fused-ring (bicyclic) bond motifs is 1. The van der Waals surface area contributed by atoms with Crippen LogP contribution in [0.15, 0.2) is 0 Å². The van der Waals surface area contributed by atoms with Crippen LogP contribution in [-0.4, -0.2) is 12.4 Å². The first-order valence-corrected chi connectivity index (χ1v) is 6.91. The second kappa shape index (κ2) is 4.74. The molecule has 0 N–H and O–H groups in total. The molecule has 16 heavy (non-hydrogen) atoms. The van der Waals surface area contributed by atoms with Gasteiger partial charge in [0.1, 0.15) is 6.29 Å². The molecule has 2 aliphatic carbocycles. The highest BCUT2D eigenvalue weighted by atomic mass is 31.0. The molecule has 3 heteroatoms. The first kappa shape index (κ1) is 12.5. The third-order valence-corrected chi connectivity index (χ3v) is 5.51. The summed E-state index contributed by atoms with van der Waals surface area (Å²) < 4.78 is 5.56. The van der Waals surface area contributed by atoms with Crippen LogP contribution in [0.25, 0.3) is 0 Å². The lowest BCUT2D eigenvalue weighted by molar-refractivity contribution is -0.114. The van der Waals surface area contributed by atoms with E-state index in [9.17, 15) is 4.79 Å². The fourth-order valence-corrected chi connectivity index (χ4v) is 4.61. The van der Waals surface area contributed by atoms with Crippen LogP contribution >= 0.6 is 9.47 Å². The highest BCUT2D eigenvalue weighted by molar-refractivity contribution is 7.09. The molecular formula is C13H23O2P. The Morgan fingerprint density at radius 2 is 2.19 bits per heavy atom. The molecule has 2 aliphatic rings. The quantitative estimate of drug-likeness (QED) is 0.561. The summed E-state index contributed by atoms with van der Waals surface area (Å²) in [7, 11) is 2.43. The lowest BCUT2D eigenvalue weighted by Crippen LogP contribution is -2.41. The van der Waals surface area contributed by atoms with E-state index in [1.165, 1.54) is 32.1 Å². The maximum absolute atomic E-state index is 11.0. The zero-order valence-electron chi connectivity index (χ0n) is 10.3. The summed E-state index contributed by atoms with van der Waals surface area (Å²) in [5, 5.41) is 0. The summed E-state index contributed by atoms with van der Waals surface area (Å²) in [6.45, 7) is 4.46. The van der Waals surface area contributed by atoms with Gasteiger partial charge in [0.2, 0.25) is 0 Å². The minimum atomic E-state index is 0.207. The molecule has 0 aromatic carbocycles. The SMILES string of the molecule is C[C@H](C=O)[C@H]1CC[C@H]2C(OP)CCC[C@]12C. The molecule has 0 spiro atoms. The van der Waals surface area contributed by atoms with Crippen molar-refractivity contribution < 1.29 is 9.32 Å². The molecule has 0 heterocycles. The first-order valence-electron chi connectivity index (χ1n) is 6.44. The van der Waals surface area contributed by atoms with Gasteiger partial charge >= 0.3 is 0 Å². The van der Waals surface area contributed by atoms with E-state index in [0.717, 1.165) is 6.29 Å². The molecular weight excluding hydrogens is 219 g/mol. The van der Waals surface area contributed by atoms with Gasteiger partial charge in [-0.2, -0.15) is 0 Å². The van der Waals surface area contributed by atoms with E-state index in [2.05, 4.69) is 23.3 Å². The standard InChI is InChI=1S/C13H23O2P/c1-9(8-14)10-5-6-11-12(15-16)4-3-7-13(10,11)2/h8-12H,3-7,16H2,1-2H3/t9-,10-,11+,12?,13-/m1/s1. The largest absolute Gasteiger partial charge is 0.362 e.